The summed E-state index contributed by atoms with van der Waals surface area (Å²) in [6.07, 6.45) is 0. The van der Waals surface area contributed by atoms with Gasteiger partial charge in [0.05, 0.1) is 5.75 Å². The minimum atomic E-state index is -3.39. The number of likely N-dealkylation sites (tertiary alicyclic amines) is 1. The molecule has 2 heterocycles. The summed E-state index contributed by atoms with van der Waals surface area (Å²) in [5.41, 5.74) is 0. The first-order chi connectivity index (χ1) is 9.76. The third kappa shape index (κ3) is 4.64. The van der Waals surface area contributed by atoms with Crippen molar-refractivity contribution < 1.29 is 13.2 Å². The molecular weight excluding hydrogens is 292 g/mol. The van der Waals surface area contributed by atoms with E-state index >= 15 is 0 Å². The molecule has 2 N–H and O–H groups in total. The number of hydrogen-bond donors (Lipinski definition) is 1. The summed E-state index contributed by atoms with van der Waals surface area (Å²) in [4.78, 5) is 17.8. The van der Waals surface area contributed by atoms with Crippen molar-refractivity contribution in [3.05, 3.63) is 0 Å². The van der Waals surface area contributed by atoms with Crippen LogP contribution in [0.4, 0.5) is 0 Å². The summed E-state index contributed by atoms with van der Waals surface area (Å²) in [6, 6.07) is 0.444. The Balaban J connectivity index is 1.83. The van der Waals surface area contributed by atoms with Crippen LogP contribution in [0.1, 0.15) is 13.8 Å². The highest BCUT2D eigenvalue weighted by molar-refractivity contribution is 7.89. The Morgan fingerprint density at radius 2 is 1.81 bits per heavy atom. The van der Waals surface area contributed by atoms with Crippen LogP contribution in [0.15, 0.2) is 0 Å². The monoisotopic (exact) mass is 318 g/mol. The SMILES string of the molecule is CC(=O)N1CCN(C2CN(CCS(N)(=O)=O)CC2C)CC1. The molecule has 0 aliphatic carbocycles. The zero-order valence-electron chi connectivity index (χ0n) is 12.9. The molecule has 0 aromatic rings. The molecule has 0 aromatic heterocycles. The molecule has 8 heteroatoms. The van der Waals surface area contributed by atoms with Gasteiger partial charge in [0.1, 0.15) is 0 Å². The van der Waals surface area contributed by atoms with Gasteiger partial charge < -0.3 is 9.80 Å². The van der Waals surface area contributed by atoms with Gasteiger partial charge in [0.2, 0.25) is 15.9 Å². The molecule has 21 heavy (non-hydrogen) atoms. The quantitative estimate of drug-likeness (QED) is 0.700. The van der Waals surface area contributed by atoms with Gasteiger partial charge in [0, 0.05) is 58.8 Å². The van der Waals surface area contributed by atoms with E-state index in [4.69, 9.17) is 5.14 Å². The molecule has 2 fully saturated rings. The molecule has 2 atom stereocenters. The van der Waals surface area contributed by atoms with Crippen molar-refractivity contribution in [1.82, 2.24) is 14.7 Å². The second-order valence-corrected chi connectivity index (χ2v) is 7.95. The fourth-order valence-electron chi connectivity index (χ4n) is 3.33. The van der Waals surface area contributed by atoms with Crippen LogP contribution < -0.4 is 5.14 Å². The van der Waals surface area contributed by atoms with Gasteiger partial charge in [0.15, 0.2) is 0 Å². The van der Waals surface area contributed by atoms with E-state index in [1.54, 1.807) is 6.92 Å². The van der Waals surface area contributed by atoms with Crippen LogP contribution in [0, 0.1) is 5.92 Å². The minimum Gasteiger partial charge on any atom is -0.340 e. The zero-order valence-corrected chi connectivity index (χ0v) is 13.7. The van der Waals surface area contributed by atoms with Crippen LogP contribution in [0.2, 0.25) is 0 Å². The number of nitrogens with zero attached hydrogens (tertiary/aromatic N) is 3. The number of primary sulfonamides is 1. The topological polar surface area (TPSA) is 86.9 Å². The second-order valence-electron chi connectivity index (χ2n) is 6.21. The van der Waals surface area contributed by atoms with E-state index in [1.807, 2.05) is 4.90 Å². The van der Waals surface area contributed by atoms with E-state index in [0.29, 0.717) is 18.5 Å². The van der Waals surface area contributed by atoms with E-state index in [0.717, 1.165) is 39.3 Å². The van der Waals surface area contributed by atoms with Gasteiger partial charge in [-0.15, -0.1) is 0 Å². The molecule has 122 valence electrons. The third-order valence-corrected chi connectivity index (χ3v) is 5.32. The molecule has 2 aliphatic rings. The first-order valence-electron chi connectivity index (χ1n) is 7.48. The molecule has 0 spiro atoms. The summed E-state index contributed by atoms with van der Waals surface area (Å²) < 4.78 is 22.1. The standard InChI is InChI=1S/C13H26N4O3S/c1-11-9-15(7-8-21(14,19)20)10-13(11)17-5-3-16(4-6-17)12(2)18/h11,13H,3-10H2,1-2H3,(H2,14,19,20). The first kappa shape index (κ1) is 16.7. The predicted molar refractivity (Wildman–Crippen MR) is 81.2 cm³/mol. The number of nitrogens with two attached hydrogens (primary N) is 1. The number of carbonyl (C=O) groups is 1. The van der Waals surface area contributed by atoms with Gasteiger partial charge in [-0.1, -0.05) is 6.92 Å². The van der Waals surface area contributed by atoms with E-state index in [2.05, 4.69) is 16.7 Å². The van der Waals surface area contributed by atoms with Crippen molar-refractivity contribution >= 4 is 15.9 Å². The average Bonchev–Trinajstić information content (AvgIpc) is 2.77. The Hall–Kier alpha value is -0.700. The highest BCUT2D eigenvalue weighted by atomic mass is 32.2. The van der Waals surface area contributed by atoms with Gasteiger partial charge in [-0.05, 0) is 5.92 Å². The number of carbonyl (C=O) groups excluding carboxylic acids is 1. The lowest BCUT2D eigenvalue weighted by molar-refractivity contribution is -0.130. The van der Waals surface area contributed by atoms with Gasteiger partial charge >= 0.3 is 0 Å². The summed E-state index contributed by atoms with van der Waals surface area (Å²) in [6.45, 7) is 9.50. The molecule has 0 bridgehead atoms. The van der Waals surface area contributed by atoms with E-state index < -0.39 is 10.0 Å². The van der Waals surface area contributed by atoms with Crippen molar-refractivity contribution in [1.29, 1.82) is 0 Å². The molecule has 0 radical (unpaired) electrons. The van der Waals surface area contributed by atoms with Crippen molar-refractivity contribution in [2.24, 2.45) is 11.1 Å². The van der Waals surface area contributed by atoms with Crippen LogP contribution >= 0.6 is 0 Å². The highest BCUT2D eigenvalue weighted by Gasteiger charge is 2.35. The first-order valence-corrected chi connectivity index (χ1v) is 9.20. The summed E-state index contributed by atoms with van der Waals surface area (Å²) in [7, 11) is -3.39. The Labute approximate surface area is 127 Å². The van der Waals surface area contributed by atoms with Crippen molar-refractivity contribution in [3.63, 3.8) is 0 Å². The van der Waals surface area contributed by atoms with Crippen LogP contribution in [-0.2, 0) is 14.8 Å². The molecule has 2 aliphatic heterocycles. The van der Waals surface area contributed by atoms with E-state index in [9.17, 15) is 13.2 Å². The summed E-state index contributed by atoms with van der Waals surface area (Å²) in [5.74, 6) is 0.670. The fourth-order valence-corrected chi connectivity index (χ4v) is 3.84. The molecule has 2 saturated heterocycles. The lowest BCUT2D eigenvalue weighted by Gasteiger charge is -2.39. The molecule has 0 saturated carbocycles. The normalized spacial score (nSPS) is 29.0. The molecule has 2 rings (SSSR count). The molecular formula is C13H26N4O3S. The van der Waals surface area contributed by atoms with Crippen LogP contribution in [0.3, 0.4) is 0 Å². The second kappa shape index (κ2) is 6.60. The van der Waals surface area contributed by atoms with Crippen LogP contribution in [0.5, 0.6) is 0 Å². The van der Waals surface area contributed by atoms with Crippen LogP contribution in [-0.4, -0.2) is 86.6 Å². The number of sulfonamides is 1. The predicted octanol–water partition coefficient (Wildman–Crippen LogP) is -1.24. The van der Waals surface area contributed by atoms with Gasteiger partial charge in [-0.2, -0.15) is 0 Å². The fraction of sp³-hybridized carbons (Fsp3) is 0.923. The Kier molecular flexibility index (Phi) is 5.24. The minimum absolute atomic E-state index is 0.0184. The largest absolute Gasteiger partial charge is 0.340 e. The van der Waals surface area contributed by atoms with Crippen molar-refractivity contribution in [3.8, 4) is 0 Å². The zero-order chi connectivity index (χ0) is 15.6. The van der Waals surface area contributed by atoms with Crippen molar-refractivity contribution in [2.75, 3.05) is 51.6 Å². The number of amides is 1. The summed E-state index contributed by atoms with van der Waals surface area (Å²) in [5, 5.41) is 5.07. The molecule has 1 amide bonds. The molecule has 7 nitrogen and oxygen atoms in total. The maximum atomic E-state index is 11.4. The van der Waals surface area contributed by atoms with Crippen LogP contribution in [0.25, 0.3) is 0 Å². The van der Waals surface area contributed by atoms with E-state index in [-0.39, 0.29) is 11.7 Å². The summed E-state index contributed by atoms with van der Waals surface area (Å²) >= 11 is 0. The van der Waals surface area contributed by atoms with Crippen molar-refractivity contribution in [2.45, 2.75) is 19.9 Å². The van der Waals surface area contributed by atoms with E-state index in [1.165, 1.54) is 0 Å². The van der Waals surface area contributed by atoms with Gasteiger partial charge in [-0.3, -0.25) is 9.69 Å². The third-order valence-electron chi connectivity index (χ3n) is 4.57. The highest BCUT2D eigenvalue weighted by Crippen LogP contribution is 2.22. The number of hydrogen-bond acceptors (Lipinski definition) is 5. The lowest BCUT2D eigenvalue weighted by Crippen LogP contribution is -2.53. The van der Waals surface area contributed by atoms with Gasteiger partial charge in [0.25, 0.3) is 0 Å². The maximum absolute atomic E-state index is 11.4. The molecule has 2 unspecified atom stereocenters. The Morgan fingerprint density at radius 3 is 2.33 bits per heavy atom. The number of piperazine rings is 1. The number of rotatable bonds is 4. The Morgan fingerprint density at radius 1 is 1.19 bits per heavy atom. The smallest absolute Gasteiger partial charge is 0.219 e. The molecule has 0 aromatic carbocycles. The maximum Gasteiger partial charge on any atom is 0.219 e. The lowest BCUT2D eigenvalue weighted by atomic mass is 10.0. The Bertz CT molecular complexity index is 474. The van der Waals surface area contributed by atoms with Gasteiger partial charge in [-0.25, -0.2) is 13.6 Å². The average molecular weight is 318 g/mol.